The van der Waals surface area contributed by atoms with Gasteiger partial charge in [0.15, 0.2) is 0 Å². The molecule has 2 N–H and O–H groups in total. The van der Waals surface area contributed by atoms with Crippen LogP contribution in [0.15, 0.2) is 12.7 Å². The van der Waals surface area contributed by atoms with Crippen LogP contribution in [-0.2, 0) is 16.1 Å². The van der Waals surface area contributed by atoms with E-state index in [2.05, 4.69) is 15.5 Å². The summed E-state index contributed by atoms with van der Waals surface area (Å²) in [5.74, 6) is -1.46. The van der Waals surface area contributed by atoms with E-state index in [1.807, 2.05) is 0 Å². The number of amides is 1. The maximum absolute atomic E-state index is 11.0. The highest BCUT2D eigenvalue weighted by Gasteiger charge is 2.03. The van der Waals surface area contributed by atoms with Gasteiger partial charge in [-0.25, -0.2) is 0 Å². The maximum atomic E-state index is 11.0. The van der Waals surface area contributed by atoms with Crippen LogP contribution in [-0.4, -0.2) is 38.3 Å². The Hall–Kier alpha value is -1.92. The molecule has 1 rings (SSSR count). The highest BCUT2D eigenvalue weighted by molar-refractivity contribution is 5.80. The lowest BCUT2D eigenvalue weighted by atomic mass is 10.5. The van der Waals surface area contributed by atoms with Gasteiger partial charge in [-0.3, -0.25) is 9.59 Å². The Morgan fingerprint density at radius 3 is 2.54 bits per heavy atom. The molecule has 0 saturated carbocycles. The van der Waals surface area contributed by atoms with Crippen LogP contribution in [0, 0.1) is 0 Å². The topological polar surface area (TPSA) is 97.1 Å². The van der Waals surface area contributed by atoms with Gasteiger partial charge in [0.1, 0.15) is 25.7 Å². The lowest BCUT2D eigenvalue weighted by Crippen LogP contribution is -2.31. The summed E-state index contributed by atoms with van der Waals surface area (Å²) in [5.41, 5.74) is 0. The number of nitrogens with zero attached hydrogens (tertiary/aromatic N) is 3. The van der Waals surface area contributed by atoms with Crippen LogP contribution < -0.4 is 5.32 Å². The largest absolute Gasteiger partial charge is 0.480 e. The third-order valence-electron chi connectivity index (χ3n) is 1.23. The van der Waals surface area contributed by atoms with Crippen LogP contribution in [0.1, 0.15) is 0 Å². The Labute approximate surface area is 73.4 Å². The molecular formula is C6H8N4O3. The molecule has 0 spiro atoms. The Morgan fingerprint density at radius 1 is 1.38 bits per heavy atom. The molecule has 1 aromatic rings. The van der Waals surface area contributed by atoms with Crippen molar-refractivity contribution in [3.63, 3.8) is 0 Å². The zero-order valence-corrected chi connectivity index (χ0v) is 6.67. The number of nitrogens with one attached hydrogen (secondary N) is 1. The second kappa shape index (κ2) is 4.19. The van der Waals surface area contributed by atoms with Crippen molar-refractivity contribution in [2.75, 3.05) is 6.54 Å². The molecule has 13 heavy (non-hydrogen) atoms. The van der Waals surface area contributed by atoms with Crippen molar-refractivity contribution in [3.05, 3.63) is 12.7 Å². The zero-order chi connectivity index (χ0) is 9.68. The maximum Gasteiger partial charge on any atom is 0.322 e. The normalized spacial score (nSPS) is 9.54. The van der Waals surface area contributed by atoms with Gasteiger partial charge in [-0.2, -0.15) is 0 Å². The third-order valence-corrected chi connectivity index (χ3v) is 1.23. The monoisotopic (exact) mass is 184 g/mol. The minimum absolute atomic E-state index is 0.0281. The predicted octanol–water partition coefficient (Wildman–Crippen LogP) is -1.52. The van der Waals surface area contributed by atoms with Gasteiger partial charge in [0, 0.05) is 0 Å². The van der Waals surface area contributed by atoms with Crippen molar-refractivity contribution in [1.29, 1.82) is 0 Å². The molecule has 70 valence electrons. The van der Waals surface area contributed by atoms with Gasteiger partial charge in [0.2, 0.25) is 5.91 Å². The highest BCUT2D eigenvalue weighted by atomic mass is 16.4. The molecule has 0 atom stereocenters. The van der Waals surface area contributed by atoms with E-state index in [0.717, 1.165) is 0 Å². The van der Waals surface area contributed by atoms with E-state index in [-0.39, 0.29) is 19.0 Å². The summed E-state index contributed by atoms with van der Waals surface area (Å²) in [4.78, 5) is 21.0. The SMILES string of the molecule is O=C(O)CNC(=O)Cn1cnnc1. The summed E-state index contributed by atoms with van der Waals surface area (Å²) < 4.78 is 1.44. The van der Waals surface area contributed by atoms with Crippen molar-refractivity contribution in [2.45, 2.75) is 6.54 Å². The smallest absolute Gasteiger partial charge is 0.322 e. The van der Waals surface area contributed by atoms with E-state index in [4.69, 9.17) is 5.11 Å². The van der Waals surface area contributed by atoms with Crippen LogP contribution in [0.4, 0.5) is 0 Å². The number of carboxylic acids is 1. The van der Waals surface area contributed by atoms with Gasteiger partial charge in [0.05, 0.1) is 0 Å². The zero-order valence-electron chi connectivity index (χ0n) is 6.67. The average Bonchev–Trinajstić information content (AvgIpc) is 2.53. The molecule has 0 aliphatic rings. The Bertz CT molecular complexity index is 295. The van der Waals surface area contributed by atoms with E-state index in [1.54, 1.807) is 0 Å². The number of carbonyl (C=O) groups is 2. The van der Waals surface area contributed by atoms with Crippen LogP contribution in [0.3, 0.4) is 0 Å². The molecule has 7 nitrogen and oxygen atoms in total. The lowest BCUT2D eigenvalue weighted by molar-refractivity contribution is -0.138. The van der Waals surface area contributed by atoms with Gasteiger partial charge >= 0.3 is 5.97 Å². The van der Waals surface area contributed by atoms with E-state index in [9.17, 15) is 9.59 Å². The second-order valence-electron chi connectivity index (χ2n) is 2.30. The first kappa shape index (κ1) is 9.17. The third kappa shape index (κ3) is 3.32. The number of aromatic nitrogens is 3. The summed E-state index contributed by atoms with van der Waals surface area (Å²) >= 11 is 0. The van der Waals surface area contributed by atoms with Gasteiger partial charge in [-0.05, 0) is 0 Å². The van der Waals surface area contributed by atoms with Gasteiger partial charge in [-0.15, -0.1) is 10.2 Å². The molecular weight excluding hydrogens is 176 g/mol. The summed E-state index contributed by atoms with van der Waals surface area (Å²) in [6, 6.07) is 0. The first-order valence-corrected chi connectivity index (χ1v) is 3.49. The first-order valence-electron chi connectivity index (χ1n) is 3.49. The molecule has 0 saturated heterocycles. The molecule has 0 unspecified atom stereocenters. The van der Waals surface area contributed by atoms with Crippen LogP contribution in [0.5, 0.6) is 0 Å². The van der Waals surface area contributed by atoms with Gasteiger partial charge in [0.25, 0.3) is 0 Å². The van der Waals surface area contributed by atoms with Crippen molar-refractivity contribution >= 4 is 11.9 Å². The minimum Gasteiger partial charge on any atom is -0.480 e. The van der Waals surface area contributed by atoms with Crippen LogP contribution in [0.25, 0.3) is 0 Å². The lowest BCUT2D eigenvalue weighted by Gasteiger charge is -2.01. The Kier molecular flexibility index (Phi) is 2.96. The van der Waals surface area contributed by atoms with Crippen LogP contribution >= 0.6 is 0 Å². The summed E-state index contributed by atoms with van der Waals surface area (Å²) in [6.07, 6.45) is 2.75. The fraction of sp³-hybridized carbons (Fsp3) is 0.333. The fourth-order valence-corrected chi connectivity index (χ4v) is 0.700. The molecule has 1 amide bonds. The standard InChI is InChI=1S/C6H8N4O3/c11-5(7-1-6(12)13)2-10-3-8-9-4-10/h3-4H,1-2H2,(H,7,11)(H,12,13). The molecule has 0 aromatic carbocycles. The van der Waals surface area contributed by atoms with Gasteiger partial charge < -0.3 is 15.0 Å². The molecule has 0 aliphatic heterocycles. The Morgan fingerprint density at radius 2 is 2.00 bits per heavy atom. The number of hydrogen-bond acceptors (Lipinski definition) is 4. The molecule has 1 heterocycles. The summed E-state index contributed by atoms with van der Waals surface area (Å²) in [6.45, 7) is -0.346. The predicted molar refractivity (Wildman–Crippen MR) is 40.7 cm³/mol. The molecule has 7 heteroatoms. The number of rotatable bonds is 4. The van der Waals surface area contributed by atoms with E-state index >= 15 is 0 Å². The van der Waals surface area contributed by atoms with E-state index in [0.29, 0.717) is 0 Å². The first-order chi connectivity index (χ1) is 6.18. The molecule has 0 radical (unpaired) electrons. The second-order valence-corrected chi connectivity index (χ2v) is 2.30. The Balaban J connectivity index is 2.30. The van der Waals surface area contributed by atoms with Crippen LogP contribution in [0.2, 0.25) is 0 Å². The number of carbonyl (C=O) groups excluding carboxylic acids is 1. The number of hydrogen-bond donors (Lipinski definition) is 2. The van der Waals surface area contributed by atoms with E-state index in [1.165, 1.54) is 17.2 Å². The molecule has 0 bridgehead atoms. The number of aliphatic carboxylic acids is 1. The highest BCUT2D eigenvalue weighted by Crippen LogP contribution is 1.81. The van der Waals surface area contributed by atoms with Gasteiger partial charge in [-0.1, -0.05) is 0 Å². The van der Waals surface area contributed by atoms with Crippen molar-refractivity contribution in [3.8, 4) is 0 Å². The van der Waals surface area contributed by atoms with Crippen molar-refractivity contribution < 1.29 is 14.7 Å². The van der Waals surface area contributed by atoms with Crippen molar-refractivity contribution in [2.24, 2.45) is 0 Å². The van der Waals surface area contributed by atoms with E-state index < -0.39 is 5.97 Å². The van der Waals surface area contributed by atoms with Crippen molar-refractivity contribution in [1.82, 2.24) is 20.1 Å². The number of carboxylic acid groups (broad SMARTS) is 1. The molecule has 1 aromatic heterocycles. The quantitative estimate of drug-likeness (QED) is 0.592. The summed E-state index contributed by atoms with van der Waals surface area (Å²) in [7, 11) is 0. The summed E-state index contributed by atoms with van der Waals surface area (Å²) in [5, 5.41) is 17.4. The average molecular weight is 184 g/mol. The molecule has 0 fully saturated rings. The molecule has 0 aliphatic carbocycles. The minimum atomic E-state index is -1.07. The fourth-order valence-electron chi connectivity index (χ4n) is 0.700.